The molecule has 1 unspecified atom stereocenters. The van der Waals surface area contributed by atoms with Gasteiger partial charge in [-0.1, -0.05) is 11.3 Å². The van der Waals surface area contributed by atoms with Crippen LogP contribution in [0.15, 0.2) is 29.2 Å². The number of hydrogen-bond acceptors (Lipinski definition) is 7. The standard InChI is InChI=1S/C19H21N5OS2/c1-11(2)24-16(17(25)22-9-14-8-20-12(3)7-21-14)6-15-19(24)27-18(23-15)13-4-5-26-10-13/h4-5,7-8,10-11,16H,6,9H2,1-3H3,(H,22,25). The highest BCUT2D eigenvalue weighted by atomic mass is 32.1. The van der Waals surface area contributed by atoms with Gasteiger partial charge in [0.15, 0.2) is 0 Å². The van der Waals surface area contributed by atoms with Crippen LogP contribution in [-0.2, 0) is 17.8 Å². The van der Waals surface area contributed by atoms with E-state index in [9.17, 15) is 4.79 Å². The highest BCUT2D eigenvalue weighted by Gasteiger charge is 2.38. The second-order valence-electron chi connectivity index (χ2n) is 6.87. The summed E-state index contributed by atoms with van der Waals surface area (Å²) >= 11 is 3.34. The van der Waals surface area contributed by atoms with Gasteiger partial charge in [-0.3, -0.25) is 14.8 Å². The molecule has 3 aromatic heterocycles. The van der Waals surface area contributed by atoms with Crippen LogP contribution < -0.4 is 10.2 Å². The number of anilines is 1. The van der Waals surface area contributed by atoms with E-state index in [1.54, 1.807) is 35.1 Å². The third kappa shape index (κ3) is 3.59. The molecule has 0 bridgehead atoms. The van der Waals surface area contributed by atoms with E-state index >= 15 is 0 Å². The van der Waals surface area contributed by atoms with Crippen molar-refractivity contribution in [3.05, 3.63) is 46.3 Å². The number of fused-ring (bicyclic) bond motifs is 1. The SMILES string of the molecule is Cc1cnc(CNC(=O)C2Cc3nc(-c4ccsc4)sc3N2C(C)C)cn1. The zero-order chi connectivity index (χ0) is 19.0. The van der Waals surface area contributed by atoms with Crippen LogP contribution in [0.1, 0.15) is 30.9 Å². The van der Waals surface area contributed by atoms with Crippen LogP contribution in [0, 0.1) is 6.92 Å². The van der Waals surface area contributed by atoms with E-state index in [1.165, 1.54) is 0 Å². The Labute approximate surface area is 166 Å². The van der Waals surface area contributed by atoms with Crippen molar-refractivity contribution in [3.8, 4) is 10.6 Å². The Morgan fingerprint density at radius 3 is 2.89 bits per heavy atom. The van der Waals surface area contributed by atoms with E-state index in [-0.39, 0.29) is 18.0 Å². The maximum Gasteiger partial charge on any atom is 0.243 e. The van der Waals surface area contributed by atoms with Gasteiger partial charge in [-0.05, 0) is 32.2 Å². The first kappa shape index (κ1) is 18.1. The summed E-state index contributed by atoms with van der Waals surface area (Å²) in [4.78, 5) is 28.4. The van der Waals surface area contributed by atoms with E-state index in [0.717, 1.165) is 32.7 Å². The molecule has 1 N–H and O–H groups in total. The number of rotatable bonds is 5. The van der Waals surface area contributed by atoms with E-state index in [1.807, 2.05) is 6.92 Å². The average Bonchev–Trinajstić information content (AvgIpc) is 3.35. The van der Waals surface area contributed by atoms with Gasteiger partial charge in [0.25, 0.3) is 0 Å². The number of aromatic nitrogens is 3. The minimum atomic E-state index is -0.228. The average molecular weight is 400 g/mol. The summed E-state index contributed by atoms with van der Waals surface area (Å²) < 4.78 is 0. The number of nitrogens with zero attached hydrogens (tertiary/aromatic N) is 4. The van der Waals surface area contributed by atoms with Crippen molar-refractivity contribution >= 4 is 33.6 Å². The van der Waals surface area contributed by atoms with Crippen LogP contribution in [0.25, 0.3) is 10.6 Å². The van der Waals surface area contributed by atoms with Crippen LogP contribution in [0.4, 0.5) is 5.00 Å². The van der Waals surface area contributed by atoms with Gasteiger partial charge in [-0.25, -0.2) is 4.98 Å². The molecule has 0 aromatic carbocycles. The topological polar surface area (TPSA) is 71.0 Å². The van der Waals surface area contributed by atoms with Crippen molar-refractivity contribution in [2.24, 2.45) is 0 Å². The van der Waals surface area contributed by atoms with Crippen molar-refractivity contribution in [1.82, 2.24) is 20.3 Å². The minimum Gasteiger partial charge on any atom is -0.349 e. The lowest BCUT2D eigenvalue weighted by molar-refractivity contribution is -0.122. The highest BCUT2D eigenvalue weighted by molar-refractivity contribution is 7.19. The Balaban J connectivity index is 1.49. The minimum absolute atomic E-state index is 0.00774. The molecule has 0 saturated heterocycles. The summed E-state index contributed by atoms with van der Waals surface area (Å²) in [7, 11) is 0. The van der Waals surface area contributed by atoms with Gasteiger partial charge in [0.2, 0.25) is 5.91 Å². The van der Waals surface area contributed by atoms with Gasteiger partial charge in [0.05, 0.1) is 29.8 Å². The first-order valence-corrected chi connectivity index (χ1v) is 10.6. The number of aryl methyl sites for hydroxylation is 1. The number of amides is 1. The third-order valence-electron chi connectivity index (χ3n) is 4.54. The number of hydrogen-bond donors (Lipinski definition) is 1. The molecule has 0 saturated carbocycles. The molecule has 1 aliphatic rings. The molecule has 1 atom stereocenters. The van der Waals surface area contributed by atoms with Crippen LogP contribution >= 0.6 is 22.7 Å². The maximum absolute atomic E-state index is 12.9. The molecule has 0 fully saturated rings. The lowest BCUT2D eigenvalue weighted by Crippen LogP contribution is -2.48. The molecule has 27 heavy (non-hydrogen) atoms. The number of thiazole rings is 1. The monoisotopic (exact) mass is 399 g/mol. The quantitative estimate of drug-likeness (QED) is 0.712. The molecule has 0 radical (unpaired) electrons. The molecule has 1 amide bonds. The Morgan fingerprint density at radius 2 is 2.22 bits per heavy atom. The van der Waals surface area contributed by atoms with Crippen molar-refractivity contribution in [1.29, 1.82) is 0 Å². The molecule has 4 heterocycles. The van der Waals surface area contributed by atoms with E-state index in [0.29, 0.717) is 13.0 Å². The Morgan fingerprint density at radius 1 is 1.37 bits per heavy atom. The molecule has 1 aliphatic heterocycles. The molecule has 140 valence electrons. The smallest absolute Gasteiger partial charge is 0.243 e. The van der Waals surface area contributed by atoms with Gasteiger partial charge in [0, 0.05) is 29.6 Å². The number of carbonyl (C=O) groups excluding carboxylic acids is 1. The Kier molecular flexibility index (Phi) is 4.92. The zero-order valence-electron chi connectivity index (χ0n) is 15.5. The van der Waals surface area contributed by atoms with Crippen molar-refractivity contribution in [2.75, 3.05) is 4.90 Å². The second-order valence-corrected chi connectivity index (χ2v) is 8.63. The van der Waals surface area contributed by atoms with Crippen molar-refractivity contribution in [3.63, 3.8) is 0 Å². The molecular weight excluding hydrogens is 378 g/mol. The van der Waals surface area contributed by atoms with Crippen LogP contribution in [0.2, 0.25) is 0 Å². The van der Waals surface area contributed by atoms with Crippen LogP contribution in [-0.4, -0.2) is 32.9 Å². The fourth-order valence-electron chi connectivity index (χ4n) is 3.23. The van der Waals surface area contributed by atoms with Crippen molar-refractivity contribution < 1.29 is 4.79 Å². The summed E-state index contributed by atoms with van der Waals surface area (Å²) in [6.07, 6.45) is 4.06. The fourth-order valence-corrected chi connectivity index (χ4v) is 5.22. The third-order valence-corrected chi connectivity index (χ3v) is 6.38. The van der Waals surface area contributed by atoms with Gasteiger partial charge >= 0.3 is 0 Å². The summed E-state index contributed by atoms with van der Waals surface area (Å²) in [5.74, 6) is 0.00774. The van der Waals surface area contributed by atoms with Crippen molar-refractivity contribution in [2.45, 2.75) is 45.8 Å². The van der Waals surface area contributed by atoms with Crippen LogP contribution in [0.5, 0.6) is 0 Å². The van der Waals surface area contributed by atoms with Crippen LogP contribution in [0.3, 0.4) is 0 Å². The molecule has 0 aliphatic carbocycles. The first-order valence-electron chi connectivity index (χ1n) is 8.88. The maximum atomic E-state index is 12.9. The fraction of sp³-hybridized carbons (Fsp3) is 0.368. The normalized spacial score (nSPS) is 16.0. The van der Waals surface area contributed by atoms with Gasteiger partial charge < -0.3 is 10.2 Å². The number of thiophene rings is 1. The largest absolute Gasteiger partial charge is 0.349 e. The number of nitrogens with one attached hydrogen (secondary N) is 1. The Hall–Kier alpha value is -2.32. The Bertz CT molecular complexity index is 934. The van der Waals surface area contributed by atoms with Gasteiger partial charge in [-0.15, -0.1) is 0 Å². The predicted molar refractivity (Wildman–Crippen MR) is 109 cm³/mol. The van der Waals surface area contributed by atoms with E-state index in [2.05, 4.69) is 50.9 Å². The molecule has 8 heteroatoms. The molecular formula is C19H21N5OS2. The lowest BCUT2D eigenvalue weighted by Gasteiger charge is -2.29. The van der Waals surface area contributed by atoms with Gasteiger partial charge in [-0.2, -0.15) is 11.3 Å². The van der Waals surface area contributed by atoms with E-state index < -0.39 is 0 Å². The zero-order valence-corrected chi connectivity index (χ0v) is 17.1. The molecule has 3 aromatic rings. The predicted octanol–water partition coefficient (Wildman–Crippen LogP) is 3.43. The second kappa shape index (κ2) is 7.36. The van der Waals surface area contributed by atoms with E-state index in [4.69, 9.17) is 4.98 Å². The van der Waals surface area contributed by atoms with Gasteiger partial charge in [0.1, 0.15) is 16.1 Å². The molecule has 4 rings (SSSR count). The summed E-state index contributed by atoms with van der Waals surface area (Å²) in [5, 5.41) is 9.32. The highest BCUT2D eigenvalue weighted by Crippen LogP contribution is 2.42. The molecule has 6 nitrogen and oxygen atoms in total. The number of carbonyl (C=O) groups is 1. The summed E-state index contributed by atoms with van der Waals surface area (Å²) in [6, 6.07) is 2.08. The lowest BCUT2D eigenvalue weighted by atomic mass is 10.1. The summed E-state index contributed by atoms with van der Waals surface area (Å²) in [6.45, 7) is 6.51. The first-order chi connectivity index (χ1) is 13.0. The summed E-state index contributed by atoms with van der Waals surface area (Å²) in [5.41, 5.74) is 3.80. The molecule has 0 spiro atoms.